The van der Waals surface area contributed by atoms with Gasteiger partial charge in [0.25, 0.3) is 5.91 Å². The van der Waals surface area contributed by atoms with Crippen molar-refractivity contribution in [1.82, 2.24) is 5.32 Å². The Morgan fingerprint density at radius 1 is 1.14 bits per heavy atom. The van der Waals surface area contributed by atoms with Gasteiger partial charge in [-0.2, -0.15) is 5.26 Å². The van der Waals surface area contributed by atoms with Gasteiger partial charge in [0.05, 0.1) is 12.6 Å². The highest BCUT2D eigenvalue weighted by Crippen LogP contribution is 2.35. The van der Waals surface area contributed by atoms with E-state index < -0.39 is 5.91 Å². The van der Waals surface area contributed by atoms with Crippen molar-refractivity contribution >= 4 is 12.0 Å². The van der Waals surface area contributed by atoms with Crippen molar-refractivity contribution in [1.29, 1.82) is 5.26 Å². The maximum atomic E-state index is 13.2. The molecule has 0 spiro atoms. The first kappa shape index (κ1) is 26.2. The summed E-state index contributed by atoms with van der Waals surface area (Å²) < 4.78 is 25.2. The van der Waals surface area contributed by atoms with Gasteiger partial charge in [-0.25, -0.2) is 4.39 Å². The average molecular weight is 485 g/mol. The van der Waals surface area contributed by atoms with Crippen molar-refractivity contribution < 1.29 is 18.7 Å². The van der Waals surface area contributed by atoms with E-state index in [2.05, 4.69) is 11.9 Å². The minimum atomic E-state index is -0.464. The van der Waals surface area contributed by atoms with E-state index in [1.165, 1.54) is 18.2 Å². The molecule has 184 valence electrons. The highest BCUT2D eigenvalue weighted by atomic mass is 19.1. The molecular formula is C30H29FN2O3. The number of benzene rings is 3. The highest BCUT2D eigenvalue weighted by molar-refractivity contribution is 6.02. The Kier molecular flexibility index (Phi) is 9.41. The van der Waals surface area contributed by atoms with Crippen LogP contribution in [0.3, 0.4) is 0 Å². The van der Waals surface area contributed by atoms with Crippen LogP contribution in [-0.4, -0.2) is 12.5 Å². The Morgan fingerprint density at radius 3 is 2.50 bits per heavy atom. The van der Waals surface area contributed by atoms with Gasteiger partial charge in [0.1, 0.15) is 24.1 Å². The monoisotopic (exact) mass is 484 g/mol. The van der Waals surface area contributed by atoms with E-state index in [0.29, 0.717) is 30.1 Å². The molecule has 0 aromatic heterocycles. The van der Waals surface area contributed by atoms with Gasteiger partial charge in [0.2, 0.25) is 0 Å². The second kappa shape index (κ2) is 12.9. The Balaban J connectivity index is 1.89. The molecular weight excluding hydrogens is 455 g/mol. The summed E-state index contributed by atoms with van der Waals surface area (Å²) in [4.78, 5) is 12.8. The fraction of sp³-hybridized carbons (Fsp3) is 0.200. The minimum absolute atomic E-state index is 0.0234. The highest BCUT2D eigenvalue weighted by Gasteiger charge is 2.17. The lowest BCUT2D eigenvalue weighted by molar-refractivity contribution is -0.117. The van der Waals surface area contributed by atoms with E-state index in [4.69, 9.17) is 9.47 Å². The summed E-state index contributed by atoms with van der Waals surface area (Å²) in [7, 11) is 0. The van der Waals surface area contributed by atoms with Gasteiger partial charge in [0, 0.05) is 5.56 Å². The molecule has 3 aromatic carbocycles. The number of hydrogen-bond acceptors (Lipinski definition) is 4. The molecule has 3 rings (SSSR count). The number of ether oxygens (including phenoxy) is 2. The van der Waals surface area contributed by atoms with E-state index in [9.17, 15) is 14.4 Å². The SMILES string of the molecule is C=CCc1cc(/C=C(/C#N)C(=O)N[C@@H](C)c2ccccc2)cc(OCC)c1OCc1ccc(F)cc1. The Labute approximate surface area is 211 Å². The van der Waals surface area contributed by atoms with Gasteiger partial charge in [-0.3, -0.25) is 4.79 Å². The minimum Gasteiger partial charge on any atom is -0.490 e. The Bertz CT molecular complexity index is 1260. The standard InChI is InChI=1S/C30H29FN2O3/c1-4-9-25-16-23(17-26(19-32)30(34)33-21(3)24-10-7-6-8-11-24)18-28(35-5-2)29(25)36-20-22-12-14-27(31)15-13-22/h4,6-8,10-18,21H,1,5,9,20H2,2-3H3,(H,33,34)/b26-17-/t21-/m0/s1. The first-order chi connectivity index (χ1) is 17.4. The summed E-state index contributed by atoms with van der Waals surface area (Å²) in [6, 6.07) is 21.0. The third-order valence-corrected chi connectivity index (χ3v) is 5.44. The number of nitrogens with one attached hydrogen (secondary N) is 1. The van der Waals surface area contributed by atoms with Crippen molar-refractivity contribution in [2.75, 3.05) is 6.61 Å². The van der Waals surface area contributed by atoms with Gasteiger partial charge in [0.15, 0.2) is 11.5 Å². The molecule has 0 aliphatic carbocycles. The van der Waals surface area contributed by atoms with Crippen molar-refractivity contribution in [2.24, 2.45) is 0 Å². The van der Waals surface area contributed by atoms with Crippen LogP contribution >= 0.6 is 0 Å². The Morgan fingerprint density at radius 2 is 1.86 bits per heavy atom. The number of nitrogens with zero attached hydrogens (tertiary/aromatic N) is 1. The largest absolute Gasteiger partial charge is 0.490 e. The lowest BCUT2D eigenvalue weighted by Gasteiger charge is -2.17. The van der Waals surface area contributed by atoms with E-state index >= 15 is 0 Å². The topological polar surface area (TPSA) is 71.4 Å². The maximum absolute atomic E-state index is 13.2. The van der Waals surface area contributed by atoms with E-state index in [1.54, 1.807) is 24.3 Å². The predicted octanol–water partition coefficient (Wildman–Crippen LogP) is 6.32. The first-order valence-corrected chi connectivity index (χ1v) is 11.7. The zero-order chi connectivity index (χ0) is 25.9. The molecule has 6 heteroatoms. The van der Waals surface area contributed by atoms with Gasteiger partial charge in [-0.05, 0) is 67.3 Å². The first-order valence-electron chi connectivity index (χ1n) is 11.7. The molecule has 0 radical (unpaired) electrons. The van der Waals surface area contributed by atoms with Gasteiger partial charge in [-0.15, -0.1) is 6.58 Å². The van der Waals surface area contributed by atoms with Gasteiger partial charge in [-0.1, -0.05) is 48.5 Å². The van der Waals surface area contributed by atoms with Crippen LogP contribution in [0.1, 0.15) is 42.1 Å². The average Bonchev–Trinajstić information content (AvgIpc) is 2.88. The maximum Gasteiger partial charge on any atom is 0.262 e. The van der Waals surface area contributed by atoms with Gasteiger partial charge < -0.3 is 14.8 Å². The molecule has 0 saturated carbocycles. The molecule has 3 aromatic rings. The van der Waals surface area contributed by atoms with Gasteiger partial charge >= 0.3 is 0 Å². The predicted molar refractivity (Wildman–Crippen MR) is 139 cm³/mol. The number of carbonyl (C=O) groups excluding carboxylic acids is 1. The summed E-state index contributed by atoms with van der Waals surface area (Å²) in [6.07, 6.45) is 3.76. The fourth-order valence-electron chi connectivity index (χ4n) is 3.65. The van der Waals surface area contributed by atoms with Crippen LogP contribution in [0.25, 0.3) is 6.08 Å². The number of halogens is 1. The normalized spacial score (nSPS) is 11.8. The molecule has 5 nitrogen and oxygen atoms in total. The molecule has 0 saturated heterocycles. The number of allylic oxidation sites excluding steroid dienone is 1. The zero-order valence-electron chi connectivity index (χ0n) is 20.5. The van der Waals surface area contributed by atoms with E-state index in [1.807, 2.05) is 56.3 Å². The quantitative estimate of drug-likeness (QED) is 0.197. The molecule has 1 atom stereocenters. The Hall–Kier alpha value is -4.37. The van der Waals surface area contributed by atoms with Crippen LogP contribution in [0.2, 0.25) is 0 Å². The molecule has 1 amide bonds. The number of amides is 1. The number of nitriles is 1. The fourth-order valence-corrected chi connectivity index (χ4v) is 3.65. The summed E-state index contributed by atoms with van der Waals surface area (Å²) in [5.74, 6) is 0.251. The third kappa shape index (κ3) is 7.07. The molecule has 0 fully saturated rings. The second-order valence-corrected chi connectivity index (χ2v) is 8.12. The van der Waals surface area contributed by atoms with Crippen LogP contribution in [-0.2, 0) is 17.8 Å². The molecule has 1 N–H and O–H groups in total. The second-order valence-electron chi connectivity index (χ2n) is 8.12. The lowest BCUT2D eigenvalue weighted by Crippen LogP contribution is -2.27. The number of rotatable bonds is 11. The number of carbonyl (C=O) groups is 1. The van der Waals surface area contributed by atoms with Crippen LogP contribution in [0, 0.1) is 17.1 Å². The van der Waals surface area contributed by atoms with Crippen LogP contribution in [0.15, 0.2) is 85.0 Å². The van der Waals surface area contributed by atoms with Crippen LogP contribution in [0.5, 0.6) is 11.5 Å². The van der Waals surface area contributed by atoms with E-state index in [-0.39, 0.29) is 24.0 Å². The summed E-state index contributed by atoms with van der Waals surface area (Å²) in [6.45, 7) is 8.17. The molecule has 0 unspecified atom stereocenters. The van der Waals surface area contributed by atoms with Crippen molar-refractivity contribution in [2.45, 2.75) is 32.9 Å². The molecule has 0 heterocycles. The molecule has 0 aliphatic rings. The van der Waals surface area contributed by atoms with E-state index in [0.717, 1.165) is 16.7 Å². The number of hydrogen-bond donors (Lipinski definition) is 1. The van der Waals surface area contributed by atoms with Crippen molar-refractivity contribution in [3.8, 4) is 17.6 Å². The summed E-state index contributed by atoms with van der Waals surface area (Å²) in [5, 5.41) is 12.6. The smallest absolute Gasteiger partial charge is 0.262 e. The van der Waals surface area contributed by atoms with Crippen molar-refractivity contribution in [3.05, 3.63) is 113 Å². The van der Waals surface area contributed by atoms with Crippen LogP contribution in [0.4, 0.5) is 4.39 Å². The summed E-state index contributed by atoms with van der Waals surface area (Å²) in [5.41, 5.74) is 3.15. The summed E-state index contributed by atoms with van der Waals surface area (Å²) >= 11 is 0. The molecule has 0 aliphatic heterocycles. The lowest BCUT2D eigenvalue weighted by atomic mass is 10.0. The van der Waals surface area contributed by atoms with Crippen molar-refractivity contribution in [3.63, 3.8) is 0 Å². The molecule has 36 heavy (non-hydrogen) atoms. The molecule has 0 bridgehead atoms. The third-order valence-electron chi connectivity index (χ3n) is 5.44. The zero-order valence-corrected chi connectivity index (χ0v) is 20.5. The van der Waals surface area contributed by atoms with Crippen LogP contribution < -0.4 is 14.8 Å².